The highest BCUT2D eigenvalue weighted by Crippen LogP contribution is 2.54. The molecule has 0 fully saturated rings. The minimum absolute atomic E-state index is 0.0115. The summed E-state index contributed by atoms with van der Waals surface area (Å²) in [5.74, 6) is -8.32. The van der Waals surface area contributed by atoms with Gasteiger partial charge in [-0.05, 0) is 82.4 Å². The molecule has 1 N–H and O–H groups in total. The summed E-state index contributed by atoms with van der Waals surface area (Å²) in [6, 6.07) is 16.8. The molecule has 0 bridgehead atoms. The van der Waals surface area contributed by atoms with Crippen LogP contribution in [-0.4, -0.2) is 32.6 Å². The summed E-state index contributed by atoms with van der Waals surface area (Å²) in [6.45, 7) is 2.20. The number of nitrogens with zero attached hydrogens (tertiary/aromatic N) is 2. The molecule has 4 atom stereocenters. The van der Waals surface area contributed by atoms with Crippen LogP contribution in [0.15, 0.2) is 114 Å². The van der Waals surface area contributed by atoms with E-state index in [9.17, 15) is 32.7 Å². The highest BCUT2D eigenvalue weighted by atomic mass is 79.9. The summed E-state index contributed by atoms with van der Waals surface area (Å²) in [5, 5.41) is 11.0. The number of hydrogen-bond acceptors (Lipinski definition) is 7. The molecule has 2 heterocycles. The molecule has 7 rings (SSSR count). The van der Waals surface area contributed by atoms with E-state index in [2.05, 4.69) is 15.9 Å². The van der Waals surface area contributed by atoms with Crippen molar-refractivity contribution in [3.63, 3.8) is 0 Å². The lowest BCUT2D eigenvalue weighted by Crippen LogP contribution is -2.50. The van der Waals surface area contributed by atoms with Gasteiger partial charge in [0.05, 0.1) is 16.6 Å². The monoisotopic (exact) mass is 968 g/mol. The van der Waals surface area contributed by atoms with Crippen molar-refractivity contribution in [1.29, 1.82) is 0 Å². The third kappa shape index (κ3) is 7.31. The van der Waals surface area contributed by atoms with Crippen LogP contribution in [0.25, 0.3) is 33.3 Å². The lowest BCUT2D eigenvalue weighted by atomic mass is 9.77. The number of oxazole rings is 2. The number of rotatable bonds is 9. The number of fused-ring (bicyclic) bond motifs is 2. The second-order valence-electron chi connectivity index (χ2n) is 14.6. The van der Waals surface area contributed by atoms with Crippen LogP contribution in [0.3, 0.4) is 0 Å². The van der Waals surface area contributed by atoms with Gasteiger partial charge in [-0.25, -0.2) is 18.8 Å². The maximum Gasteiger partial charge on any atom is 0.433 e. The van der Waals surface area contributed by atoms with Crippen LogP contribution in [0.2, 0.25) is 10.0 Å². The van der Waals surface area contributed by atoms with Crippen molar-refractivity contribution in [1.82, 2.24) is 9.13 Å². The summed E-state index contributed by atoms with van der Waals surface area (Å²) in [4.78, 5) is 38.1. The first-order valence-corrected chi connectivity index (χ1v) is 19.8. The molecule has 0 aliphatic heterocycles. The Hall–Kier alpha value is -5.36. The van der Waals surface area contributed by atoms with Crippen molar-refractivity contribution < 1.29 is 54.2 Å². The van der Waals surface area contributed by atoms with E-state index in [1.165, 1.54) is 62.6 Å². The molecule has 2 aromatic heterocycles. The van der Waals surface area contributed by atoms with Gasteiger partial charge in [0.1, 0.15) is 5.82 Å². The molecule has 5 aromatic carbocycles. The highest BCUT2D eigenvalue weighted by Gasteiger charge is 2.64. The molecule has 0 aliphatic rings. The van der Waals surface area contributed by atoms with E-state index < -0.39 is 75.4 Å². The summed E-state index contributed by atoms with van der Waals surface area (Å²) >= 11 is 16.2. The fraction of sp³-hybridized carbons (Fsp3) is 0.233. The van der Waals surface area contributed by atoms with Gasteiger partial charge < -0.3 is 18.7 Å². The van der Waals surface area contributed by atoms with Crippen molar-refractivity contribution in [2.45, 2.75) is 49.2 Å². The van der Waals surface area contributed by atoms with Crippen molar-refractivity contribution >= 4 is 67.3 Å². The van der Waals surface area contributed by atoms with E-state index >= 15 is 17.6 Å². The summed E-state index contributed by atoms with van der Waals surface area (Å²) in [7, 11) is 2.70. The number of aromatic nitrogens is 2. The second kappa shape index (κ2) is 15.8. The Morgan fingerprint density at radius 2 is 1.19 bits per heavy atom. The maximum absolute atomic E-state index is 16.0. The van der Waals surface area contributed by atoms with Gasteiger partial charge in [-0.1, -0.05) is 89.4 Å². The number of ether oxygens (including phenoxy) is 1. The van der Waals surface area contributed by atoms with Gasteiger partial charge in [0, 0.05) is 46.0 Å². The number of carbonyl (C=O) groups excluding carboxylic acids is 1. The number of aliphatic hydroxyl groups is 1. The van der Waals surface area contributed by atoms with Gasteiger partial charge in [0.2, 0.25) is 5.60 Å². The van der Waals surface area contributed by atoms with Gasteiger partial charge in [-0.3, -0.25) is 9.13 Å². The molecule has 0 spiro atoms. The number of aryl methyl sites for hydroxylation is 2. The number of benzene rings is 5. The van der Waals surface area contributed by atoms with Gasteiger partial charge in [0.15, 0.2) is 16.8 Å². The Balaban J connectivity index is 1.25. The maximum atomic E-state index is 16.0. The third-order valence-electron chi connectivity index (χ3n) is 11.2. The fourth-order valence-corrected chi connectivity index (χ4v) is 8.86. The van der Waals surface area contributed by atoms with Crippen molar-refractivity contribution in [2.24, 2.45) is 14.1 Å². The Morgan fingerprint density at radius 1 is 0.694 bits per heavy atom. The van der Waals surface area contributed by atoms with Gasteiger partial charge in [-0.15, -0.1) is 0 Å². The summed E-state index contributed by atoms with van der Waals surface area (Å²) in [6.07, 6.45) is -10.7. The summed E-state index contributed by atoms with van der Waals surface area (Å²) < 4.78 is 126. The Bertz CT molecular complexity index is 3050. The zero-order valence-electron chi connectivity index (χ0n) is 32.4. The van der Waals surface area contributed by atoms with Crippen LogP contribution in [0.1, 0.15) is 58.3 Å². The van der Waals surface area contributed by atoms with Crippen LogP contribution in [0.4, 0.5) is 30.7 Å². The van der Waals surface area contributed by atoms with E-state index in [4.69, 9.17) is 36.8 Å². The normalized spacial score (nSPS) is 15.3. The van der Waals surface area contributed by atoms with Crippen LogP contribution >= 0.6 is 39.1 Å². The number of carbonyl (C=O) groups is 1. The third-order valence-corrected chi connectivity index (χ3v) is 12.4. The predicted octanol–water partition coefficient (Wildman–Crippen LogP) is 11.4. The van der Waals surface area contributed by atoms with E-state index in [0.717, 1.165) is 65.4 Å². The summed E-state index contributed by atoms with van der Waals surface area (Å²) in [5.41, 5.74) is -9.61. The molecule has 0 saturated heterocycles. The highest BCUT2D eigenvalue weighted by molar-refractivity contribution is 9.10. The first-order valence-electron chi connectivity index (χ1n) is 18.2. The molecule has 0 amide bonds. The van der Waals surface area contributed by atoms with E-state index in [0.29, 0.717) is 4.47 Å². The van der Waals surface area contributed by atoms with Crippen LogP contribution in [0.5, 0.6) is 0 Å². The number of halogens is 10. The number of esters is 1. The molecule has 4 unspecified atom stereocenters. The fourth-order valence-electron chi connectivity index (χ4n) is 7.68. The van der Waals surface area contributed by atoms with Crippen molar-refractivity contribution in [3.8, 4) is 11.1 Å². The lowest BCUT2D eigenvalue weighted by Gasteiger charge is -2.40. The average molecular weight is 971 g/mol. The molecular formula is C43H30BrCl2F7N2O7. The second-order valence-corrected chi connectivity index (χ2v) is 16.4. The quantitative estimate of drug-likeness (QED) is 0.113. The van der Waals surface area contributed by atoms with Gasteiger partial charge >= 0.3 is 29.8 Å². The van der Waals surface area contributed by atoms with Crippen LogP contribution in [-0.2, 0) is 30.0 Å². The Kier molecular flexibility index (Phi) is 11.4. The number of hydrogen-bond donors (Lipinski definition) is 1. The lowest BCUT2D eigenvalue weighted by molar-refractivity contribution is -0.274. The van der Waals surface area contributed by atoms with Crippen LogP contribution < -0.4 is 11.5 Å². The molecule has 19 heteroatoms. The molecule has 324 valence electrons. The topological polar surface area (TPSA) is 117 Å². The van der Waals surface area contributed by atoms with Crippen LogP contribution in [0, 0.1) is 5.82 Å². The molecule has 9 nitrogen and oxygen atoms in total. The zero-order valence-corrected chi connectivity index (χ0v) is 35.5. The average Bonchev–Trinajstić information content (AvgIpc) is 3.65. The SMILES string of the molecule is CC(c1ccc(-c2ccc(C(=O)OC(c3ccc4c(c3)oc(=O)n4C)(C(C)c3ccc(Br)cc3Cl)C(F)(F)F)c(F)c2)cc1Cl)C(O)(c1ccc2c(c1)oc(=O)n2C)C(F)(F)F. The van der Waals surface area contributed by atoms with E-state index in [1.807, 2.05) is 0 Å². The molecule has 0 aliphatic carbocycles. The number of alkyl halides is 6. The predicted molar refractivity (Wildman–Crippen MR) is 219 cm³/mol. The van der Waals surface area contributed by atoms with E-state index in [-0.39, 0.29) is 54.5 Å². The minimum Gasteiger partial charge on any atom is -0.440 e. The van der Waals surface area contributed by atoms with E-state index in [1.54, 1.807) is 0 Å². The molecule has 0 radical (unpaired) electrons. The largest absolute Gasteiger partial charge is 0.440 e. The Morgan fingerprint density at radius 3 is 1.73 bits per heavy atom. The van der Waals surface area contributed by atoms with Crippen molar-refractivity contribution in [3.05, 3.63) is 160 Å². The molecule has 7 aromatic rings. The Labute approximate surface area is 364 Å². The first-order chi connectivity index (χ1) is 28.9. The molecule has 0 saturated carbocycles. The standard InChI is InChI=1S/C43H30BrCl2F7N2O7/c1-20(40(59,42(48,49)50)24-7-13-33-35(17-24)60-38(57)54(33)3)27-10-5-22(15-30(27)45)23-6-11-29(32(47)16-23)37(56)62-41(43(51,52)53,21(2)28-12-9-26(44)19-31(28)46)25-8-14-34-36(18-25)61-39(58)55(34)4/h5-21,59H,1-4H3. The molecule has 62 heavy (non-hydrogen) atoms. The van der Waals surface area contributed by atoms with Gasteiger partial charge in [-0.2, -0.15) is 26.3 Å². The molecular weight excluding hydrogens is 940 g/mol. The first kappa shape index (κ1) is 44.7. The zero-order chi connectivity index (χ0) is 45.4. The smallest absolute Gasteiger partial charge is 0.433 e. The van der Waals surface area contributed by atoms with Gasteiger partial charge in [0.25, 0.3) is 0 Å². The van der Waals surface area contributed by atoms with Crippen molar-refractivity contribution in [2.75, 3.05) is 0 Å². The minimum atomic E-state index is -5.41.